The molecule has 16 heavy (non-hydrogen) atoms. The Morgan fingerprint density at radius 2 is 2.25 bits per heavy atom. The quantitative estimate of drug-likeness (QED) is 0.736. The molecule has 4 nitrogen and oxygen atoms in total. The Hall–Kier alpha value is -0.160. The minimum Gasteiger partial charge on any atom is -0.376 e. The molecular weight excluding hydrogens is 206 g/mol. The molecule has 1 aliphatic heterocycles. The minimum atomic E-state index is 0.219. The molecule has 4 heteroatoms. The number of nitrogens with one attached hydrogen (secondary N) is 1. The van der Waals surface area contributed by atoms with Crippen molar-refractivity contribution < 1.29 is 14.2 Å². The maximum Gasteiger partial charge on any atom is 0.0990 e. The van der Waals surface area contributed by atoms with Gasteiger partial charge in [-0.1, -0.05) is 0 Å². The third-order valence-electron chi connectivity index (χ3n) is 3.50. The van der Waals surface area contributed by atoms with Crippen LogP contribution in [0, 0.1) is 0 Å². The Morgan fingerprint density at radius 1 is 1.38 bits per heavy atom. The molecule has 0 spiro atoms. The van der Waals surface area contributed by atoms with Crippen LogP contribution in [-0.2, 0) is 14.2 Å². The van der Waals surface area contributed by atoms with Crippen LogP contribution < -0.4 is 5.32 Å². The molecule has 0 amide bonds. The first kappa shape index (κ1) is 12.3. The molecular formula is C12H23NO3. The topological polar surface area (TPSA) is 39.7 Å². The van der Waals surface area contributed by atoms with Gasteiger partial charge in [0.1, 0.15) is 0 Å². The highest BCUT2D eigenvalue weighted by molar-refractivity contribution is 4.96. The summed E-state index contributed by atoms with van der Waals surface area (Å²) in [6.45, 7) is 4.40. The van der Waals surface area contributed by atoms with Gasteiger partial charge in [0.05, 0.1) is 24.9 Å². The Kier molecular flexibility index (Phi) is 4.58. The van der Waals surface area contributed by atoms with Crippen LogP contribution in [0.4, 0.5) is 0 Å². The lowest BCUT2D eigenvalue weighted by molar-refractivity contribution is -0.155. The maximum absolute atomic E-state index is 5.87. The zero-order chi connectivity index (χ0) is 11.4. The summed E-state index contributed by atoms with van der Waals surface area (Å²) in [4.78, 5) is 0. The highest BCUT2D eigenvalue weighted by Crippen LogP contribution is 2.28. The number of ether oxygens (including phenoxy) is 3. The largest absolute Gasteiger partial charge is 0.376 e. The van der Waals surface area contributed by atoms with Gasteiger partial charge >= 0.3 is 0 Å². The molecule has 2 aliphatic rings. The Labute approximate surface area is 97.6 Å². The Morgan fingerprint density at radius 3 is 2.88 bits per heavy atom. The molecule has 0 radical (unpaired) electrons. The molecule has 94 valence electrons. The van der Waals surface area contributed by atoms with Crippen LogP contribution in [0.1, 0.15) is 26.2 Å². The number of hydrogen-bond acceptors (Lipinski definition) is 4. The molecule has 1 heterocycles. The molecule has 4 unspecified atom stereocenters. The van der Waals surface area contributed by atoms with E-state index in [-0.39, 0.29) is 12.2 Å². The zero-order valence-electron chi connectivity index (χ0n) is 10.3. The average molecular weight is 229 g/mol. The van der Waals surface area contributed by atoms with E-state index in [0.717, 1.165) is 32.7 Å². The highest BCUT2D eigenvalue weighted by Gasteiger charge is 2.42. The van der Waals surface area contributed by atoms with E-state index in [0.29, 0.717) is 12.1 Å². The fourth-order valence-corrected chi connectivity index (χ4v) is 2.45. The lowest BCUT2D eigenvalue weighted by atomic mass is 9.85. The first-order valence-electron chi connectivity index (χ1n) is 6.37. The lowest BCUT2D eigenvalue weighted by Gasteiger charge is -2.43. The van der Waals surface area contributed by atoms with Crippen LogP contribution in [0.15, 0.2) is 0 Å². The van der Waals surface area contributed by atoms with E-state index in [2.05, 4.69) is 5.32 Å². The lowest BCUT2D eigenvalue weighted by Crippen LogP contribution is -2.59. The maximum atomic E-state index is 5.87. The van der Waals surface area contributed by atoms with Crippen molar-refractivity contribution in [1.29, 1.82) is 0 Å². The Bertz CT molecular complexity index is 206. The van der Waals surface area contributed by atoms with Crippen LogP contribution in [0.25, 0.3) is 0 Å². The van der Waals surface area contributed by atoms with E-state index in [4.69, 9.17) is 14.2 Å². The SMILES string of the molecule is CCOC1C(NC)CC1OCC1CCCO1. The number of rotatable bonds is 6. The Balaban J connectivity index is 1.68. The van der Waals surface area contributed by atoms with Gasteiger partial charge in [-0.05, 0) is 33.2 Å². The van der Waals surface area contributed by atoms with Gasteiger partial charge in [-0.3, -0.25) is 0 Å². The summed E-state index contributed by atoms with van der Waals surface area (Å²) < 4.78 is 17.1. The van der Waals surface area contributed by atoms with Crippen LogP contribution in [0.5, 0.6) is 0 Å². The second-order valence-electron chi connectivity index (χ2n) is 4.56. The van der Waals surface area contributed by atoms with Gasteiger partial charge in [-0.25, -0.2) is 0 Å². The second kappa shape index (κ2) is 5.96. The van der Waals surface area contributed by atoms with Crippen molar-refractivity contribution in [1.82, 2.24) is 5.32 Å². The van der Waals surface area contributed by atoms with Gasteiger partial charge in [0.25, 0.3) is 0 Å². The van der Waals surface area contributed by atoms with Gasteiger partial charge in [0.2, 0.25) is 0 Å². The van der Waals surface area contributed by atoms with E-state index in [1.165, 1.54) is 6.42 Å². The molecule has 0 aromatic heterocycles. The minimum absolute atomic E-state index is 0.219. The summed E-state index contributed by atoms with van der Waals surface area (Å²) >= 11 is 0. The first-order valence-corrected chi connectivity index (χ1v) is 6.37. The molecule has 1 aliphatic carbocycles. The van der Waals surface area contributed by atoms with Gasteiger partial charge < -0.3 is 19.5 Å². The smallest absolute Gasteiger partial charge is 0.0990 e. The third kappa shape index (κ3) is 2.74. The van der Waals surface area contributed by atoms with Gasteiger partial charge in [0, 0.05) is 19.3 Å². The summed E-state index contributed by atoms with van der Waals surface area (Å²) in [5.74, 6) is 0. The van der Waals surface area contributed by atoms with Gasteiger partial charge in [0.15, 0.2) is 0 Å². The molecule has 0 aromatic rings. The average Bonchev–Trinajstić information content (AvgIpc) is 2.78. The molecule has 2 rings (SSSR count). The molecule has 0 aromatic carbocycles. The highest BCUT2D eigenvalue weighted by atomic mass is 16.6. The molecule has 1 saturated heterocycles. The van der Waals surface area contributed by atoms with Gasteiger partial charge in [-0.15, -0.1) is 0 Å². The van der Waals surface area contributed by atoms with Gasteiger partial charge in [-0.2, -0.15) is 0 Å². The zero-order valence-corrected chi connectivity index (χ0v) is 10.3. The van der Waals surface area contributed by atoms with Crippen molar-refractivity contribution in [2.24, 2.45) is 0 Å². The summed E-state index contributed by atoms with van der Waals surface area (Å²) in [6.07, 6.45) is 4.15. The van der Waals surface area contributed by atoms with Crippen molar-refractivity contribution in [3.05, 3.63) is 0 Å². The van der Waals surface area contributed by atoms with Crippen LogP contribution >= 0.6 is 0 Å². The van der Waals surface area contributed by atoms with E-state index in [9.17, 15) is 0 Å². The van der Waals surface area contributed by atoms with E-state index in [1.54, 1.807) is 0 Å². The summed E-state index contributed by atoms with van der Waals surface area (Å²) in [5, 5.41) is 3.26. The predicted octanol–water partition coefficient (Wildman–Crippen LogP) is 0.947. The molecule has 1 saturated carbocycles. The van der Waals surface area contributed by atoms with Crippen molar-refractivity contribution in [3.8, 4) is 0 Å². The monoisotopic (exact) mass is 229 g/mol. The third-order valence-corrected chi connectivity index (χ3v) is 3.50. The summed E-state index contributed by atoms with van der Waals surface area (Å²) in [6, 6.07) is 0.453. The van der Waals surface area contributed by atoms with Crippen molar-refractivity contribution in [2.45, 2.75) is 50.5 Å². The fourth-order valence-electron chi connectivity index (χ4n) is 2.45. The van der Waals surface area contributed by atoms with E-state index >= 15 is 0 Å². The summed E-state index contributed by atoms with van der Waals surface area (Å²) in [7, 11) is 1.98. The standard InChI is InChI=1S/C12H23NO3/c1-3-14-12-10(13-2)7-11(12)16-8-9-5-4-6-15-9/h9-13H,3-8H2,1-2H3. The summed E-state index contributed by atoms with van der Waals surface area (Å²) in [5.41, 5.74) is 0. The predicted molar refractivity (Wildman–Crippen MR) is 61.6 cm³/mol. The fraction of sp³-hybridized carbons (Fsp3) is 1.00. The van der Waals surface area contributed by atoms with Crippen molar-refractivity contribution in [2.75, 3.05) is 26.9 Å². The molecule has 0 bridgehead atoms. The normalized spacial score (nSPS) is 38.6. The molecule has 4 atom stereocenters. The second-order valence-corrected chi connectivity index (χ2v) is 4.56. The van der Waals surface area contributed by atoms with Crippen molar-refractivity contribution in [3.63, 3.8) is 0 Å². The molecule has 2 fully saturated rings. The van der Waals surface area contributed by atoms with Crippen molar-refractivity contribution >= 4 is 0 Å². The number of hydrogen-bond donors (Lipinski definition) is 1. The van der Waals surface area contributed by atoms with E-state index in [1.807, 2.05) is 14.0 Å². The van der Waals surface area contributed by atoms with E-state index < -0.39 is 0 Å². The van der Waals surface area contributed by atoms with Crippen LogP contribution in [0.3, 0.4) is 0 Å². The number of likely N-dealkylation sites (N-methyl/N-ethyl adjacent to an activating group) is 1. The molecule has 1 N–H and O–H groups in total. The van der Waals surface area contributed by atoms with Crippen LogP contribution in [0.2, 0.25) is 0 Å². The van der Waals surface area contributed by atoms with Crippen LogP contribution in [-0.4, -0.2) is 51.2 Å². The first-order chi connectivity index (χ1) is 7.85.